The van der Waals surface area contributed by atoms with Crippen LogP contribution in [0.3, 0.4) is 0 Å². The van der Waals surface area contributed by atoms with Gasteiger partial charge in [-0.1, -0.05) is 36.4 Å². The highest BCUT2D eigenvalue weighted by atomic mass is 16.5. The van der Waals surface area contributed by atoms with Crippen molar-refractivity contribution >= 4 is 11.6 Å². The van der Waals surface area contributed by atoms with E-state index >= 15 is 0 Å². The molecule has 0 bridgehead atoms. The lowest BCUT2D eigenvalue weighted by Gasteiger charge is -2.30. The summed E-state index contributed by atoms with van der Waals surface area (Å²) in [5.74, 6) is 1.78. The quantitative estimate of drug-likeness (QED) is 0.549. The topological polar surface area (TPSA) is 49.3 Å². The molecule has 0 atom stereocenters. The minimum Gasteiger partial charge on any atom is -0.492 e. The highest BCUT2D eigenvalue weighted by Gasteiger charge is 2.14. The summed E-state index contributed by atoms with van der Waals surface area (Å²) in [6.45, 7) is 8.34. The fourth-order valence-corrected chi connectivity index (χ4v) is 3.31. The van der Waals surface area contributed by atoms with Crippen molar-refractivity contribution in [2.75, 3.05) is 57.9 Å². The van der Waals surface area contributed by atoms with Gasteiger partial charge in [0.1, 0.15) is 12.4 Å². The molecule has 0 spiro atoms. The third-order valence-corrected chi connectivity index (χ3v) is 4.88. The van der Waals surface area contributed by atoms with Gasteiger partial charge < -0.3 is 24.6 Å². The molecule has 1 saturated heterocycles. The largest absolute Gasteiger partial charge is 0.492 e. The van der Waals surface area contributed by atoms with Crippen LogP contribution in [0.5, 0.6) is 5.75 Å². The van der Waals surface area contributed by atoms with Crippen LogP contribution in [-0.4, -0.2) is 63.9 Å². The van der Waals surface area contributed by atoms with Crippen molar-refractivity contribution < 1.29 is 9.47 Å². The Morgan fingerprint density at radius 1 is 1.10 bits per heavy atom. The van der Waals surface area contributed by atoms with E-state index in [1.54, 1.807) is 0 Å². The molecule has 6 heteroatoms. The zero-order chi connectivity index (χ0) is 20.3. The van der Waals surface area contributed by atoms with E-state index in [9.17, 15) is 0 Å². The van der Waals surface area contributed by atoms with Crippen LogP contribution in [0.25, 0.3) is 0 Å². The maximum Gasteiger partial charge on any atom is 0.194 e. The molecular weight excluding hydrogens is 364 g/mol. The lowest BCUT2D eigenvalue weighted by Crippen LogP contribution is -2.41. The van der Waals surface area contributed by atoms with Crippen LogP contribution in [0.4, 0.5) is 5.69 Å². The van der Waals surface area contributed by atoms with Gasteiger partial charge in [-0.05, 0) is 30.7 Å². The second-order valence-corrected chi connectivity index (χ2v) is 6.98. The second kappa shape index (κ2) is 11.3. The molecule has 1 heterocycles. The van der Waals surface area contributed by atoms with Crippen molar-refractivity contribution in [2.45, 2.75) is 13.5 Å². The van der Waals surface area contributed by atoms with Gasteiger partial charge in [-0.15, -0.1) is 0 Å². The lowest BCUT2D eigenvalue weighted by molar-refractivity contribution is 0.122. The molecule has 1 aliphatic rings. The third kappa shape index (κ3) is 6.39. The SMILES string of the molecule is CCNC(=NCc1ccccc1N1CCOCC1)N(C)CCOc1ccccc1. The predicted octanol–water partition coefficient (Wildman–Crippen LogP) is 3.00. The van der Waals surface area contributed by atoms with Gasteiger partial charge >= 0.3 is 0 Å². The first-order valence-corrected chi connectivity index (χ1v) is 10.4. The maximum absolute atomic E-state index is 5.82. The van der Waals surface area contributed by atoms with Crippen molar-refractivity contribution in [3.05, 3.63) is 60.2 Å². The highest BCUT2D eigenvalue weighted by Crippen LogP contribution is 2.22. The maximum atomic E-state index is 5.82. The summed E-state index contributed by atoms with van der Waals surface area (Å²) in [4.78, 5) is 9.39. The fraction of sp³-hybridized carbons (Fsp3) is 0.435. The number of para-hydroxylation sites is 2. The molecule has 0 radical (unpaired) electrons. The molecule has 0 saturated carbocycles. The number of nitrogens with zero attached hydrogens (tertiary/aromatic N) is 3. The Morgan fingerprint density at radius 2 is 1.83 bits per heavy atom. The zero-order valence-corrected chi connectivity index (χ0v) is 17.5. The Labute approximate surface area is 174 Å². The number of likely N-dealkylation sites (N-methyl/N-ethyl adjacent to an activating group) is 1. The van der Waals surface area contributed by atoms with Crippen molar-refractivity contribution in [3.63, 3.8) is 0 Å². The number of aliphatic imine (C=N–C) groups is 1. The summed E-state index contributed by atoms with van der Waals surface area (Å²) in [5.41, 5.74) is 2.49. The van der Waals surface area contributed by atoms with Gasteiger partial charge in [-0.25, -0.2) is 4.99 Å². The van der Waals surface area contributed by atoms with E-state index in [1.807, 2.05) is 37.4 Å². The number of rotatable bonds is 8. The van der Waals surface area contributed by atoms with Gasteiger partial charge in [0.05, 0.1) is 26.3 Å². The molecule has 2 aromatic carbocycles. The van der Waals surface area contributed by atoms with Crippen molar-refractivity contribution in [2.24, 2.45) is 4.99 Å². The van der Waals surface area contributed by atoms with Gasteiger partial charge in [-0.3, -0.25) is 0 Å². The van der Waals surface area contributed by atoms with E-state index in [-0.39, 0.29) is 0 Å². The molecule has 1 N–H and O–H groups in total. The summed E-state index contributed by atoms with van der Waals surface area (Å²) in [7, 11) is 2.05. The molecule has 1 fully saturated rings. The molecule has 29 heavy (non-hydrogen) atoms. The molecule has 156 valence electrons. The number of benzene rings is 2. The van der Waals surface area contributed by atoms with Crippen LogP contribution in [-0.2, 0) is 11.3 Å². The number of guanidine groups is 1. The Balaban J connectivity index is 1.61. The van der Waals surface area contributed by atoms with Crippen LogP contribution >= 0.6 is 0 Å². The second-order valence-electron chi connectivity index (χ2n) is 6.98. The molecule has 0 unspecified atom stereocenters. The summed E-state index contributed by atoms with van der Waals surface area (Å²) in [6, 6.07) is 18.4. The van der Waals surface area contributed by atoms with Gasteiger partial charge in [0.25, 0.3) is 0 Å². The summed E-state index contributed by atoms with van der Waals surface area (Å²) in [5, 5.41) is 3.39. The van der Waals surface area contributed by atoms with E-state index < -0.39 is 0 Å². The van der Waals surface area contributed by atoms with Crippen LogP contribution in [0.1, 0.15) is 12.5 Å². The predicted molar refractivity (Wildman–Crippen MR) is 119 cm³/mol. The Bertz CT molecular complexity index is 760. The molecule has 6 nitrogen and oxygen atoms in total. The first kappa shape index (κ1) is 21.0. The highest BCUT2D eigenvalue weighted by molar-refractivity contribution is 5.79. The number of morpholine rings is 1. The summed E-state index contributed by atoms with van der Waals surface area (Å²) >= 11 is 0. The molecule has 1 aliphatic heterocycles. The standard InChI is InChI=1S/C23H32N4O2/c1-3-24-23(26(2)13-18-29-21-10-5-4-6-11-21)25-19-20-9-7-8-12-22(20)27-14-16-28-17-15-27/h4-12H,3,13-19H2,1-2H3,(H,24,25). The van der Waals surface area contributed by atoms with Crippen molar-refractivity contribution in [1.82, 2.24) is 10.2 Å². The average Bonchev–Trinajstić information content (AvgIpc) is 2.78. The van der Waals surface area contributed by atoms with Gasteiger partial charge in [0.2, 0.25) is 0 Å². The third-order valence-electron chi connectivity index (χ3n) is 4.88. The average molecular weight is 397 g/mol. The molecular formula is C23H32N4O2. The van der Waals surface area contributed by atoms with Crippen LogP contribution in [0.15, 0.2) is 59.6 Å². The van der Waals surface area contributed by atoms with E-state index in [2.05, 4.69) is 46.3 Å². The molecule has 0 aliphatic carbocycles. The molecule has 0 amide bonds. The zero-order valence-electron chi connectivity index (χ0n) is 17.5. The number of hydrogen-bond donors (Lipinski definition) is 1. The first-order chi connectivity index (χ1) is 14.3. The van der Waals surface area contributed by atoms with Crippen LogP contribution in [0, 0.1) is 0 Å². The van der Waals surface area contributed by atoms with Crippen LogP contribution in [0.2, 0.25) is 0 Å². The fourth-order valence-electron chi connectivity index (χ4n) is 3.31. The van der Waals surface area contributed by atoms with Gasteiger partial charge in [0.15, 0.2) is 5.96 Å². The summed E-state index contributed by atoms with van der Waals surface area (Å²) < 4.78 is 11.3. The van der Waals surface area contributed by atoms with E-state index in [0.717, 1.165) is 51.1 Å². The lowest BCUT2D eigenvalue weighted by atomic mass is 10.1. The van der Waals surface area contributed by atoms with Gasteiger partial charge in [0, 0.05) is 32.4 Å². The molecule has 2 aromatic rings. The smallest absolute Gasteiger partial charge is 0.194 e. The normalized spacial score (nSPS) is 14.6. The number of hydrogen-bond acceptors (Lipinski definition) is 4. The monoisotopic (exact) mass is 396 g/mol. The first-order valence-electron chi connectivity index (χ1n) is 10.4. The van der Waals surface area contributed by atoms with E-state index in [0.29, 0.717) is 13.2 Å². The number of anilines is 1. The summed E-state index contributed by atoms with van der Waals surface area (Å²) in [6.07, 6.45) is 0. The Morgan fingerprint density at radius 3 is 2.59 bits per heavy atom. The van der Waals surface area contributed by atoms with E-state index in [4.69, 9.17) is 14.5 Å². The van der Waals surface area contributed by atoms with Gasteiger partial charge in [-0.2, -0.15) is 0 Å². The molecule has 3 rings (SSSR count). The molecule has 0 aromatic heterocycles. The Kier molecular flexibility index (Phi) is 8.19. The van der Waals surface area contributed by atoms with Crippen LogP contribution < -0.4 is 15.0 Å². The Hall–Kier alpha value is -2.73. The minimum atomic E-state index is 0.606. The number of nitrogens with one attached hydrogen (secondary N) is 1. The number of ether oxygens (including phenoxy) is 2. The van der Waals surface area contributed by atoms with Crippen molar-refractivity contribution in [1.29, 1.82) is 0 Å². The van der Waals surface area contributed by atoms with Crippen molar-refractivity contribution in [3.8, 4) is 5.75 Å². The van der Waals surface area contributed by atoms with E-state index in [1.165, 1.54) is 11.3 Å². The minimum absolute atomic E-state index is 0.606.